The van der Waals surface area contributed by atoms with Crippen LogP contribution in [0.4, 0.5) is 0 Å². The van der Waals surface area contributed by atoms with Gasteiger partial charge in [-0.2, -0.15) is 0 Å². The second-order valence-electron chi connectivity index (χ2n) is 17.0. The van der Waals surface area contributed by atoms with E-state index in [2.05, 4.69) is 80.8 Å². The fourth-order valence-electron chi connectivity index (χ4n) is 7.32. The van der Waals surface area contributed by atoms with Crippen molar-refractivity contribution < 1.29 is 24.5 Å². The average molecular weight is 826 g/mol. The number of carbonyl (C=O) groups is 2. The Labute approximate surface area is 365 Å². The van der Waals surface area contributed by atoms with Crippen molar-refractivity contribution in [2.24, 2.45) is 0 Å². The third-order valence-electron chi connectivity index (χ3n) is 11.2. The Bertz CT molecular complexity index is 1060. The van der Waals surface area contributed by atoms with E-state index in [1.807, 2.05) is 6.08 Å². The second-order valence-corrected chi connectivity index (χ2v) is 17.0. The van der Waals surface area contributed by atoms with Gasteiger partial charge in [0.1, 0.15) is 6.10 Å². The molecule has 0 rings (SSSR count). The van der Waals surface area contributed by atoms with E-state index in [9.17, 15) is 19.8 Å². The van der Waals surface area contributed by atoms with Crippen LogP contribution in [0.25, 0.3) is 0 Å². The molecular formula is C53H95NO5. The van der Waals surface area contributed by atoms with E-state index < -0.39 is 18.2 Å². The van der Waals surface area contributed by atoms with E-state index in [1.165, 1.54) is 109 Å². The molecule has 0 aliphatic heterocycles. The number of aliphatic hydroxyl groups is 2. The number of ether oxygens (including phenoxy) is 1. The Balaban J connectivity index is 4.72. The van der Waals surface area contributed by atoms with Crippen LogP contribution in [0.5, 0.6) is 0 Å². The molecule has 0 fully saturated rings. The van der Waals surface area contributed by atoms with Gasteiger partial charge in [-0.25, -0.2) is 0 Å². The molecule has 0 aromatic rings. The first-order valence-electron chi connectivity index (χ1n) is 25.1. The molecule has 0 aromatic carbocycles. The number of esters is 1. The van der Waals surface area contributed by atoms with Gasteiger partial charge in [-0.15, -0.1) is 0 Å². The number of hydrogen-bond acceptors (Lipinski definition) is 5. The van der Waals surface area contributed by atoms with Gasteiger partial charge in [-0.1, -0.05) is 210 Å². The van der Waals surface area contributed by atoms with E-state index >= 15 is 0 Å². The highest BCUT2D eigenvalue weighted by molar-refractivity contribution is 5.77. The molecule has 0 aromatic heterocycles. The van der Waals surface area contributed by atoms with Crippen molar-refractivity contribution in [2.45, 2.75) is 257 Å². The molecule has 0 radical (unpaired) electrons. The van der Waals surface area contributed by atoms with Gasteiger partial charge < -0.3 is 20.3 Å². The molecule has 1 amide bonds. The first-order chi connectivity index (χ1) is 29.0. The summed E-state index contributed by atoms with van der Waals surface area (Å²) in [6.07, 6.45) is 57.0. The summed E-state index contributed by atoms with van der Waals surface area (Å²) in [7, 11) is 0. The van der Waals surface area contributed by atoms with Gasteiger partial charge in [0.2, 0.25) is 5.91 Å². The largest absolute Gasteiger partial charge is 0.462 e. The predicted octanol–water partition coefficient (Wildman–Crippen LogP) is 14.8. The Morgan fingerprint density at radius 3 is 1.41 bits per heavy atom. The maximum Gasteiger partial charge on any atom is 0.306 e. The second kappa shape index (κ2) is 46.6. The summed E-state index contributed by atoms with van der Waals surface area (Å²) >= 11 is 0. The molecule has 0 aliphatic rings. The zero-order valence-corrected chi connectivity index (χ0v) is 38.9. The number of unbranched alkanes of at least 4 members (excludes halogenated alkanes) is 25. The lowest BCUT2D eigenvalue weighted by Crippen LogP contribution is -2.46. The summed E-state index contributed by atoms with van der Waals surface area (Å²) < 4.78 is 5.90. The number of rotatable bonds is 44. The van der Waals surface area contributed by atoms with Crippen LogP contribution in [0.1, 0.15) is 239 Å². The van der Waals surface area contributed by atoms with Gasteiger partial charge >= 0.3 is 5.97 Å². The van der Waals surface area contributed by atoms with Crippen LogP contribution in [-0.4, -0.2) is 46.9 Å². The summed E-state index contributed by atoms with van der Waals surface area (Å²) in [6, 6.07) is -0.717. The van der Waals surface area contributed by atoms with E-state index in [1.54, 1.807) is 0 Å². The highest BCUT2D eigenvalue weighted by Crippen LogP contribution is 2.17. The molecule has 59 heavy (non-hydrogen) atoms. The molecule has 0 bridgehead atoms. The summed E-state index contributed by atoms with van der Waals surface area (Å²) in [4.78, 5) is 26.1. The van der Waals surface area contributed by atoms with Gasteiger partial charge in [0.05, 0.1) is 25.2 Å². The molecule has 342 valence electrons. The Hall–Kier alpha value is -2.44. The van der Waals surface area contributed by atoms with E-state index in [0.29, 0.717) is 19.3 Å². The number of allylic oxidation sites excluding steroid dienone is 10. The SMILES string of the molecule is CCCCC/C=C/C=C/C=C/C=C/CCCCCC(CC(=O)NC(CO)C(O)CCCCCCCCCCCC)OC(=O)CCCCC/C=C\CCCCCCCCC. The highest BCUT2D eigenvalue weighted by Gasteiger charge is 2.24. The Kier molecular flexibility index (Phi) is 44.7. The highest BCUT2D eigenvalue weighted by atomic mass is 16.5. The topological polar surface area (TPSA) is 95.9 Å². The molecule has 3 atom stereocenters. The Morgan fingerprint density at radius 1 is 0.492 bits per heavy atom. The van der Waals surface area contributed by atoms with Gasteiger partial charge in [0, 0.05) is 6.42 Å². The van der Waals surface area contributed by atoms with Crippen LogP contribution >= 0.6 is 0 Å². The molecule has 0 saturated carbocycles. The third kappa shape index (κ3) is 42.1. The summed E-state index contributed by atoms with van der Waals surface area (Å²) in [5.41, 5.74) is 0. The van der Waals surface area contributed by atoms with Gasteiger partial charge in [0.25, 0.3) is 0 Å². The lowest BCUT2D eigenvalue weighted by molar-refractivity contribution is -0.151. The first kappa shape index (κ1) is 56.6. The fraction of sp³-hybridized carbons (Fsp3) is 0.774. The predicted molar refractivity (Wildman–Crippen MR) is 255 cm³/mol. The molecular weight excluding hydrogens is 731 g/mol. The van der Waals surface area contributed by atoms with Crippen molar-refractivity contribution in [1.29, 1.82) is 0 Å². The monoisotopic (exact) mass is 826 g/mol. The van der Waals surface area contributed by atoms with Crippen LogP contribution in [0.15, 0.2) is 60.8 Å². The van der Waals surface area contributed by atoms with Crippen LogP contribution in [-0.2, 0) is 14.3 Å². The van der Waals surface area contributed by atoms with Crippen LogP contribution in [0, 0.1) is 0 Å². The molecule has 0 heterocycles. The Morgan fingerprint density at radius 2 is 0.881 bits per heavy atom. The minimum absolute atomic E-state index is 0.0445. The minimum Gasteiger partial charge on any atom is -0.462 e. The van der Waals surface area contributed by atoms with E-state index in [0.717, 1.165) is 83.5 Å². The molecule has 0 aliphatic carbocycles. The number of carbonyl (C=O) groups excluding carboxylic acids is 2. The number of hydrogen-bond donors (Lipinski definition) is 3. The third-order valence-corrected chi connectivity index (χ3v) is 11.2. The zero-order valence-electron chi connectivity index (χ0n) is 38.9. The molecule has 3 unspecified atom stereocenters. The standard InChI is InChI=1S/C53H95NO5/c1-4-7-10-13-16-19-22-24-26-27-28-30-32-35-38-41-44-49(59-53(58)46-43-40-37-34-31-29-25-23-20-17-14-11-8-5-2)47-52(57)54-50(48-55)51(56)45-42-39-36-33-21-18-15-12-9-6-3/h16,19,22,24,26-31,49-51,55-56H,4-15,17-18,20-21,23,25,32-48H2,1-3H3,(H,54,57)/b19-16+,24-22+,27-26+,30-28+,31-29-. The van der Waals surface area contributed by atoms with Gasteiger partial charge in [-0.3, -0.25) is 9.59 Å². The lowest BCUT2D eigenvalue weighted by atomic mass is 10.0. The van der Waals surface area contributed by atoms with Crippen molar-refractivity contribution in [2.75, 3.05) is 6.61 Å². The molecule has 0 saturated heterocycles. The van der Waals surface area contributed by atoms with Gasteiger partial charge in [-0.05, 0) is 77.0 Å². The zero-order chi connectivity index (χ0) is 43.1. The van der Waals surface area contributed by atoms with Crippen molar-refractivity contribution in [3.05, 3.63) is 60.8 Å². The van der Waals surface area contributed by atoms with E-state index in [-0.39, 0.29) is 24.9 Å². The quantitative estimate of drug-likeness (QED) is 0.0246. The molecule has 3 N–H and O–H groups in total. The normalized spacial score (nSPS) is 13.8. The number of nitrogens with one attached hydrogen (secondary N) is 1. The van der Waals surface area contributed by atoms with Crippen molar-refractivity contribution in [3.8, 4) is 0 Å². The average Bonchev–Trinajstić information content (AvgIpc) is 3.23. The smallest absolute Gasteiger partial charge is 0.306 e. The van der Waals surface area contributed by atoms with Crippen LogP contribution in [0.2, 0.25) is 0 Å². The minimum atomic E-state index is -0.801. The number of amides is 1. The summed E-state index contributed by atoms with van der Waals surface area (Å²) in [5, 5.41) is 23.7. The molecule has 6 nitrogen and oxygen atoms in total. The summed E-state index contributed by atoms with van der Waals surface area (Å²) in [6.45, 7) is 6.41. The van der Waals surface area contributed by atoms with Gasteiger partial charge in [0.15, 0.2) is 0 Å². The van der Waals surface area contributed by atoms with Crippen LogP contribution in [0.3, 0.4) is 0 Å². The molecule has 6 heteroatoms. The summed E-state index contributed by atoms with van der Waals surface area (Å²) in [5.74, 6) is -0.532. The molecule has 0 spiro atoms. The van der Waals surface area contributed by atoms with Crippen molar-refractivity contribution >= 4 is 11.9 Å². The lowest BCUT2D eigenvalue weighted by Gasteiger charge is -2.24. The first-order valence-corrected chi connectivity index (χ1v) is 25.1. The number of aliphatic hydroxyl groups excluding tert-OH is 2. The van der Waals surface area contributed by atoms with Crippen LogP contribution < -0.4 is 5.32 Å². The maximum atomic E-state index is 13.2. The van der Waals surface area contributed by atoms with Crippen molar-refractivity contribution in [1.82, 2.24) is 5.32 Å². The fourth-order valence-corrected chi connectivity index (χ4v) is 7.32. The van der Waals surface area contributed by atoms with E-state index in [4.69, 9.17) is 4.74 Å². The van der Waals surface area contributed by atoms with Crippen molar-refractivity contribution in [3.63, 3.8) is 0 Å². The maximum absolute atomic E-state index is 13.2.